The van der Waals surface area contributed by atoms with Gasteiger partial charge in [-0.05, 0) is 11.8 Å². The van der Waals surface area contributed by atoms with E-state index in [0.29, 0.717) is 9.49 Å². The number of hydrogen-bond acceptors (Lipinski definition) is 1. The maximum Gasteiger partial charge on any atom is 0.107 e. The van der Waals surface area contributed by atoms with E-state index < -0.39 is 0 Å². The van der Waals surface area contributed by atoms with Gasteiger partial charge in [-0.25, -0.2) is 0 Å². The van der Waals surface area contributed by atoms with Crippen molar-refractivity contribution in [3.63, 3.8) is 0 Å². The normalized spacial score (nSPS) is 16.5. The van der Waals surface area contributed by atoms with Crippen LogP contribution < -0.4 is 0 Å². The average molecular weight is 310 g/mol. The molecule has 0 aliphatic heterocycles. The lowest BCUT2D eigenvalue weighted by Gasteiger charge is -2.42. The molecule has 0 aliphatic carbocycles. The van der Waals surface area contributed by atoms with Crippen molar-refractivity contribution in [1.82, 2.24) is 0 Å². The van der Waals surface area contributed by atoms with Crippen LogP contribution in [0.2, 0.25) is 11.6 Å². The first-order chi connectivity index (χ1) is 9.38. The molecule has 0 rings (SSSR count). The van der Waals surface area contributed by atoms with Gasteiger partial charge in [0.2, 0.25) is 0 Å². The first-order valence-electron chi connectivity index (χ1n) is 9.08. The van der Waals surface area contributed by atoms with Crippen molar-refractivity contribution in [2.75, 3.05) is 0 Å². The minimum absolute atomic E-state index is 0.366. The molecule has 0 N–H and O–H groups in total. The number of hydrogen-bond donors (Lipinski definition) is 0. The molecule has 0 bridgehead atoms. The Morgan fingerprint density at radius 2 is 0.952 bits per heavy atom. The Hall–Kier alpha value is 0.480. The molecule has 3 heteroatoms. The van der Waals surface area contributed by atoms with Crippen LogP contribution in [0.5, 0.6) is 0 Å². The van der Waals surface area contributed by atoms with E-state index in [1.54, 1.807) is 0 Å². The summed E-state index contributed by atoms with van der Waals surface area (Å²) in [6.45, 7) is 19.2. The Kier molecular flexibility index (Phi) is 9.15. The minimum Gasteiger partial charge on any atom is -0.150 e. The van der Waals surface area contributed by atoms with Gasteiger partial charge < -0.3 is 0 Å². The van der Waals surface area contributed by atoms with Gasteiger partial charge in [-0.3, -0.25) is 0 Å². The van der Waals surface area contributed by atoms with E-state index >= 15 is 0 Å². The molecule has 21 heavy (non-hydrogen) atoms. The molecule has 0 aromatic carbocycles. The predicted octanol–water partition coefficient (Wildman–Crippen LogP) is 4.99. The fraction of sp³-hybridized carbons (Fsp3) is 1.00. The van der Waals surface area contributed by atoms with E-state index in [9.17, 15) is 0 Å². The van der Waals surface area contributed by atoms with Crippen LogP contribution in [-0.2, 0) is 0 Å². The Morgan fingerprint density at radius 1 is 0.667 bits per heavy atom. The van der Waals surface area contributed by atoms with Gasteiger partial charge in [-0.2, -0.15) is 11.8 Å². The second-order valence-corrected chi connectivity index (χ2v) is 11.4. The minimum atomic E-state index is 0.366. The van der Waals surface area contributed by atoms with E-state index in [4.69, 9.17) is 0 Å². The Balaban J connectivity index is 4.57. The summed E-state index contributed by atoms with van der Waals surface area (Å²) in [5.41, 5.74) is 0. The highest BCUT2D eigenvalue weighted by Crippen LogP contribution is 2.49. The summed E-state index contributed by atoms with van der Waals surface area (Å²) in [6, 6.07) is 0. The SMILES string of the molecule is BC(CCC(C)C)C(C)(C)SC(C)(C)C(B)CCC(C)C. The molecular formula is C18H40B2S. The molecular weight excluding hydrogens is 270 g/mol. The van der Waals surface area contributed by atoms with Gasteiger partial charge in [-0.15, -0.1) is 0 Å². The van der Waals surface area contributed by atoms with Crippen LogP contribution in [0.4, 0.5) is 0 Å². The maximum atomic E-state index is 2.46. The Morgan fingerprint density at radius 3 is 1.19 bits per heavy atom. The van der Waals surface area contributed by atoms with E-state index in [0.717, 1.165) is 23.5 Å². The van der Waals surface area contributed by atoms with Crippen molar-refractivity contribution in [1.29, 1.82) is 0 Å². The topological polar surface area (TPSA) is 0 Å². The predicted molar refractivity (Wildman–Crippen MR) is 108 cm³/mol. The molecule has 0 amide bonds. The number of rotatable bonds is 10. The largest absolute Gasteiger partial charge is 0.150 e. The van der Waals surface area contributed by atoms with E-state index in [-0.39, 0.29) is 0 Å². The Bertz CT molecular complexity index is 257. The van der Waals surface area contributed by atoms with Crippen LogP contribution in [0.1, 0.15) is 81.1 Å². The fourth-order valence-corrected chi connectivity index (χ4v) is 4.74. The first kappa shape index (κ1) is 21.5. The molecule has 0 fully saturated rings. The zero-order chi connectivity index (χ0) is 16.8. The van der Waals surface area contributed by atoms with E-state index in [2.05, 4.69) is 82.8 Å². The summed E-state index contributed by atoms with van der Waals surface area (Å²) in [4.78, 5) is 0. The summed E-state index contributed by atoms with van der Waals surface area (Å²) in [7, 11) is 4.90. The summed E-state index contributed by atoms with van der Waals surface area (Å²) >= 11 is 2.22. The van der Waals surface area contributed by atoms with Gasteiger partial charge in [0.1, 0.15) is 15.7 Å². The molecule has 0 aromatic rings. The lowest BCUT2D eigenvalue weighted by molar-refractivity contribution is 0.483. The summed E-state index contributed by atoms with van der Waals surface area (Å²) in [6.07, 6.45) is 5.42. The van der Waals surface area contributed by atoms with Crippen LogP contribution in [-0.4, -0.2) is 25.2 Å². The number of thioether (sulfide) groups is 1. The quantitative estimate of drug-likeness (QED) is 0.512. The second-order valence-electron chi connectivity index (χ2n) is 9.05. The van der Waals surface area contributed by atoms with Gasteiger partial charge >= 0.3 is 0 Å². The highest BCUT2D eigenvalue weighted by molar-refractivity contribution is 8.02. The lowest BCUT2D eigenvalue weighted by atomic mass is 9.73. The van der Waals surface area contributed by atoms with Crippen molar-refractivity contribution in [3.05, 3.63) is 0 Å². The van der Waals surface area contributed by atoms with Gasteiger partial charge in [0.15, 0.2) is 0 Å². The third kappa shape index (κ3) is 8.62. The molecule has 124 valence electrons. The monoisotopic (exact) mass is 310 g/mol. The van der Waals surface area contributed by atoms with Crippen LogP contribution in [0, 0.1) is 11.8 Å². The molecule has 0 nitrogen and oxygen atoms in total. The molecule has 2 unspecified atom stereocenters. The molecule has 0 saturated carbocycles. The molecule has 2 atom stereocenters. The molecule has 0 spiro atoms. The maximum absolute atomic E-state index is 2.46. The van der Waals surface area contributed by atoms with E-state index in [1.807, 2.05) is 0 Å². The molecule has 0 heterocycles. The molecule has 0 aliphatic rings. The van der Waals surface area contributed by atoms with Gasteiger partial charge in [0, 0.05) is 9.49 Å². The highest BCUT2D eigenvalue weighted by Gasteiger charge is 2.36. The van der Waals surface area contributed by atoms with Crippen molar-refractivity contribution in [3.8, 4) is 0 Å². The summed E-state index contributed by atoms with van der Waals surface area (Å²) in [5, 5.41) is 0. The molecule has 0 saturated heterocycles. The van der Waals surface area contributed by atoms with Gasteiger partial charge in [-0.1, -0.05) is 92.7 Å². The van der Waals surface area contributed by atoms with Crippen LogP contribution in [0.3, 0.4) is 0 Å². The van der Waals surface area contributed by atoms with Crippen molar-refractivity contribution in [2.24, 2.45) is 11.8 Å². The molecule has 0 aromatic heterocycles. The zero-order valence-corrected chi connectivity index (χ0v) is 17.4. The smallest absolute Gasteiger partial charge is 0.107 e. The Labute approximate surface area is 141 Å². The van der Waals surface area contributed by atoms with Crippen LogP contribution in [0.15, 0.2) is 0 Å². The van der Waals surface area contributed by atoms with Crippen molar-refractivity contribution < 1.29 is 0 Å². The summed E-state index contributed by atoms with van der Waals surface area (Å²) in [5.74, 6) is 3.21. The highest BCUT2D eigenvalue weighted by atomic mass is 32.2. The lowest BCUT2D eigenvalue weighted by Crippen LogP contribution is -2.34. The van der Waals surface area contributed by atoms with Gasteiger partial charge in [0.25, 0.3) is 0 Å². The zero-order valence-electron chi connectivity index (χ0n) is 16.5. The van der Waals surface area contributed by atoms with E-state index in [1.165, 1.54) is 25.7 Å². The standard InChI is InChI=1S/C18H40B2S/c1-13(2)9-11-15(19)17(5,6)21-18(7,8)16(20)12-10-14(3)4/h13-16H,9-12,19-20H2,1-8H3. The fourth-order valence-electron chi connectivity index (χ4n) is 2.74. The van der Waals surface area contributed by atoms with Crippen molar-refractivity contribution in [2.45, 2.75) is 102 Å². The van der Waals surface area contributed by atoms with Crippen LogP contribution in [0.25, 0.3) is 0 Å². The van der Waals surface area contributed by atoms with Crippen LogP contribution >= 0.6 is 11.8 Å². The van der Waals surface area contributed by atoms with Crippen molar-refractivity contribution >= 4 is 27.5 Å². The third-order valence-corrected chi connectivity index (χ3v) is 7.11. The third-order valence-electron chi connectivity index (χ3n) is 5.25. The second kappa shape index (κ2) is 8.94. The first-order valence-corrected chi connectivity index (χ1v) is 9.90. The summed E-state index contributed by atoms with van der Waals surface area (Å²) < 4.78 is 0.731. The van der Waals surface area contributed by atoms with Gasteiger partial charge in [0.05, 0.1) is 0 Å². The average Bonchev–Trinajstić information content (AvgIpc) is 2.31. The molecule has 0 radical (unpaired) electrons.